The molecule has 0 heterocycles. The topological polar surface area (TPSA) is 17.1 Å². The predicted octanol–water partition coefficient (Wildman–Crippen LogP) is 3.52. The van der Waals surface area contributed by atoms with E-state index in [1.165, 1.54) is 0 Å². The van der Waals surface area contributed by atoms with Gasteiger partial charge in [0.2, 0.25) is 0 Å². The highest BCUT2D eigenvalue weighted by Crippen LogP contribution is 2.25. The van der Waals surface area contributed by atoms with Gasteiger partial charge in [-0.25, -0.2) is 0 Å². The molecule has 0 fully saturated rings. The van der Waals surface area contributed by atoms with Crippen molar-refractivity contribution in [3.05, 3.63) is 30.8 Å². The Kier molecular flexibility index (Phi) is 3.33. The van der Waals surface area contributed by atoms with E-state index in [0.717, 1.165) is 14.3 Å². The monoisotopic (exact) mass is 344 g/mol. The fourth-order valence-corrected chi connectivity index (χ4v) is 1.85. The van der Waals surface area contributed by atoms with Gasteiger partial charge in [-0.1, -0.05) is 11.6 Å². The second-order valence-corrected chi connectivity index (χ2v) is 4.33. The van der Waals surface area contributed by atoms with Crippen LogP contribution in [-0.4, -0.2) is 6.29 Å². The number of halogens is 3. The molecule has 0 atom stereocenters. The summed E-state index contributed by atoms with van der Waals surface area (Å²) < 4.78 is 1.89. The highest BCUT2D eigenvalue weighted by molar-refractivity contribution is 14.1. The van der Waals surface area contributed by atoms with E-state index in [9.17, 15) is 4.79 Å². The summed E-state index contributed by atoms with van der Waals surface area (Å²) in [6.07, 6.45) is 0.739. The lowest BCUT2D eigenvalue weighted by molar-refractivity contribution is 0.112. The maximum atomic E-state index is 10.4. The van der Waals surface area contributed by atoms with Crippen LogP contribution in [0.25, 0.3) is 0 Å². The molecular weight excluding hydrogens is 342 g/mol. The van der Waals surface area contributed by atoms with Gasteiger partial charge in [0.15, 0.2) is 6.29 Å². The summed E-state index contributed by atoms with van der Waals surface area (Å²) in [5.41, 5.74) is 0.513. The molecule has 1 aromatic carbocycles. The molecule has 0 saturated carbocycles. The molecule has 1 nitrogen and oxygen atoms in total. The smallest absolute Gasteiger partial charge is 0.151 e. The Bertz CT molecular complexity index is 301. The zero-order valence-electron chi connectivity index (χ0n) is 5.27. The minimum absolute atomic E-state index is 0.493. The molecule has 0 saturated heterocycles. The van der Waals surface area contributed by atoms with Gasteiger partial charge >= 0.3 is 0 Å². The lowest BCUT2D eigenvalue weighted by Crippen LogP contribution is -1.84. The Morgan fingerprint density at radius 1 is 1.55 bits per heavy atom. The molecule has 0 spiro atoms. The van der Waals surface area contributed by atoms with Crippen molar-refractivity contribution < 1.29 is 4.79 Å². The summed E-state index contributed by atoms with van der Waals surface area (Å²) in [5.74, 6) is 0. The first kappa shape index (κ1) is 9.48. The van der Waals surface area contributed by atoms with E-state index in [1.54, 1.807) is 12.1 Å². The molecule has 0 N–H and O–H groups in total. The lowest BCUT2D eigenvalue weighted by Gasteiger charge is -1.99. The van der Waals surface area contributed by atoms with Crippen LogP contribution >= 0.6 is 50.1 Å². The summed E-state index contributed by atoms with van der Waals surface area (Å²) in [4.78, 5) is 10.4. The van der Waals surface area contributed by atoms with Gasteiger partial charge in [0.05, 0.1) is 5.02 Å². The molecule has 0 aliphatic heterocycles. The number of rotatable bonds is 1. The molecule has 0 aliphatic carbocycles. The van der Waals surface area contributed by atoms with Crippen molar-refractivity contribution in [2.24, 2.45) is 0 Å². The molecule has 4 heteroatoms. The number of carbonyl (C=O) groups excluding carboxylic acids is 1. The highest BCUT2D eigenvalue weighted by atomic mass is 127. The Morgan fingerprint density at radius 2 is 2.18 bits per heavy atom. The van der Waals surface area contributed by atoms with Crippen molar-refractivity contribution in [1.82, 2.24) is 0 Å². The molecule has 0 aromatic heterocycles. The van der Waals surface area contributed by atoms with Crippen LogP contribution < -0.4 is 0 Å². The summed E-state index contributed by atoms with van der Waals surface area (Å²) >= 11 is 11.2. The van der Waals surface area contributed by atoms with Crippen molar-refractivity contribution >= 4 is 56.4 Å². The van der Waals surface area contributed by atoms with E-state index < -0.39 is 0 Å². The fraction of sp³-hybridized carbons (Fsp3) is 0. The SMILES string of the molecule is O=Cc1cc(Br)c(I)cc1Cl. The van der Waals surface area contributed by atoms with Crippen LogP contribution in [0.1, 0.15) is 10.4 Å². The summed E-state index contributed by atoms with van der Waals surface area (Å²) in [5, 5.41) is 0.493. The standard InChI is InChI=1S/C7H3BrClIO/c8-5-1-4(3-11)6(9)2-7(5)10/h1-3H. The fourth-order valence-electron chi connectivity index (χ4n) is 0.628. The van der Waals surface area contributed by atoms with Crippen LogP contribution in [0.4, 0.5) is 0 Å². The van der Waals surface area contributed by atoms with Crippen molar-refractivity contribution in [2.45, 2.75) is 0 Å². The van der Waals surface area contributed by atoms with Gasteiger partial charge in [-0.2, -0.15) is 0 Å². The minimum Gasteiger partial charge on any atom is -0.298 e. The zero-order chi connectivity index (χ0) is 8.43. The summed E-state index contributed by atoms with van der Waals surface area (Å²) in [7, 11) is 0. The van der Waals surface area contributed by atoms with Gasteiger partial charge < -0.3 is 0 Å². The highest BCUT2D eigenvalue weighted by Gasteiger charge is 2.02. The van der Waals surface area contributed by atoms with Crippen molar-refractivity contribution in [1.29, 1.82) is 0 Å². The van der Waals surface area contributed by atoms with Crippen LogP contribution in [0.5, 0.6) is 0 Å². The first-order valence-electron chi connectivity index (χ1n) is 2.75. The van der Waals surface area contributed by atoms with Crippen molar-refractivity contribution in [3.8, 4) is 0 Å². The normalized spacial score (nSPS) is 9.73. The maximum absolute atomic E-state index is 10.4. The Morgan fingerprint density at radius 3 is 2.73 bits per heavy atom. The number of benzene rings is 1. The molecule has 1 aromatic rings. The number of aldehydes is 1. The van der Waals surface area contributed by atoms with Gasteiger partial charge in [0.25, 0.3) is 0 Å². The first-order chi connectivity index (χ1) is 5.15. The second kappa shape index (κ2) is 3.87. The zero-order valence-corrected chi connectivity index (χ0v) is 9.77. The number of hydrogen-bond donors (Lipinski definition) is 0. The van der Waals surface area contributed by atoms with E-state index >= 15 is 0 Å². The van der Waals surface area contributed by atoms with E-state index in [4.69, 9.17) is 11.6 Å². The van der Waals surface area contributed by atoms with Crippen LogP contribution in [0.2, 0.25) is 5.02 Å². The maximum Gasteiger partial charge on any atom is 0.151 e. The van der Waals surface area contributed by atoms with Gasteiger partial charge in [-0.05, 0) is 50.7 Å². The van der Waals surface area contributed by atoms with Gasteiger partial charge in [-0.15, -0.1) is 0 Å². The molecule has 58 valence electrons. The van der Waals surface area contributed by atoms with Crippen LogP contribution in [0.3, 0.4) is 0 Å². The minimum atomic E-state index is 0.493. The van der Waals surface area contributed by atoms with Gasteiger partial charge in [0, 0.05) is 13.6 Å². The summed E-state index contributed by atoms with van der Waals surface area (Å²) in [6, 6.07) is 3.45. The van der Waals surface area contributed by atoms with E-state index in [1.807, 2.05) is 0 Å². The third-order valence-corrected chi connectivity index (χ3v) is 3.78. The molecule has 0 amide bonds. The third kappa shape index (κ3) is 2.16. The molecular formula is C7H3BrClIO. The molecule has 0 unspecified atom stereocenters. The van der Waals surface area contributed by atoms with Crippen LogP contribution in [0.15, 0.2) is 16.6 Å². The van der Waals surface area contributed by atoms with E-state index in [2.05, 4.69) is 38.5 Å². The van der Waals surface area contributed by atoms with Gasteiger partial charge in [0.1, 0.15) is 0 Å². The molecule has 0 aliphatic rings. The second-order valence-electron chi connectivity index (χ2n) is 1.91. The average Bonchev–Trinajstić information content (AvgIpc) is 1.97. The molecule has 1 rings (SSSR count). The van der Waals surface area contributed by atoms with Gasteiger partial charge in [-0.3, -0.25) is 4.79 Å². The van der Waals surface area contributed by atoms with Crippen molar-refractivity contribution in [3.63, 3.8) is 0 Å². The molecule has 11 heavy (non-hydrogen) atoms. The molecule has 0 bridgehead atoms. The average molecular weight is 345 g/mol. The number of carbonyl (C=O) groups is 1. The Balaban J connectivity index is 3.31. The Labute approximate surface area is 91.4 Å². The Hall–Kier alpha value is 0.390. The first-order valence-corrected chi connectivity index (χ1v) is 5.00. The van der Waals surface area contributed by atoms with E-state index in [0.29, 0.717) is 10.6 Å². The number of hydrogen-bond acceptors (Lipinski definition) is 1. The molecule has 0 radical (unpaired) electrons. The van der Waals surface area contributed by atoms with Crippen LogP contribution in [-0.2, 0) is 0 Å². The lowest BCUT2D eigenvalue weighted by atomic mass is 10.2. The summed E-state index contributed by atoms with van der Waals surface area (Å²) in [6.45, 7) is 0. The van der Waals surface area contributed by atoms with E-state index in [-0.39, 0.29) is 0 Å². The largest absolute Gasteiger partial charge is 0.298 e. The van der Waals surface area contributed by atoms with Crippen LogP contribution in [0, 0.1) is 3.57 Å². The predicted molar refractivity (Wildman–Crippen MR) is 57.3 cm³/mol. The third-order valence-electron chi connectivity index (χ3n) is 1.17. The van der Waals surface area contributed by atoms with Crippen molar-refractivity contribution in [2.75, 3.05) is 0 Å². The quantitative estimate of drug-likeness (QED) is 0.432.